The van der Waals surface area contributed by atoms with E-state index in [1.807, 2.05) is 44.2 Å². The molecule has 1 aromatic heterocycles. The third-order valence-corrected chi connectivity index (χ3v) is 3.66. The standard InChI is InChI=1S/C16H13ClN2O.ClH/c1-10-6-5-8-13(17)15(10)19-11(2)18-14-9-4-3-7-12(14)16(19)20;/h3-9H,1-2H3;1H. The van der Waals surface area contributed by atoms with Crippen LogP contribution in [0.2, 0.25) is 5.02 Å². The molecule has 0 unspecified atom stereocenters. The van der Waals surface area contributed by atoms with Crippen LogP contribution in [-0.4, -0.2) is 9.55 Å². The largest absolute Gasteiger partial charge is 0.268 e. The average Bonchev–Trinajstić information content (AvgIpc) is 2.42. The molecule has 0 amide bonds. The molecule has 108 valence electrons. The van der Waals surface area contributed by atoms with Crippen LogP contribution >= 0.6 is 24.0 Å². The van der Waals surface area contributed by atoms with Gasteiger partial charge in [-0.3, -0.25) is 9.36 Å². The Hall–Kier alpha value is -1.84. The number of nitrogens with zero attached hydrogens (tertiary/aromatic N) is 2. The lowest BCUT2D eigenvalue weighted by atomic mass is 10.2. The molecular weight excluding hydrogens is 307 g/mol. The number of benzene rings is 2. The molecule has 0 fully saturated rings. The summed E-state index contributed by atoms with van der Waals surface area (Å²) in [6.45, 7) is 3.75. The van der Waals surface area contributed by atoms with Crippen LogP contribution in [-0.2, 0) is 0 Å². The van der Waals surface area contributed by atoms with Crippen molar-refractivity contribution in [3.8, 4) is 5.69 Å². The first-order valence-electron chi connectivity index (χ1n) is 6.33. The van der Waals surface area contributed by atoms with Gasteiger partial charge < -0.3 is 0 Å². The number of halogens is 2. The first-order chi connectivity index (χ1) is 9.59. The lowest BCUT2D eigenvalue weighted by molar-refractivity contribution is 0.888. The van der Waals surface area contributed by atoms with Gasteiger partial charge in [-0.1, -0.05) is 35.9 Å². The van der Waals surface area contributed by atoms with Gasteiger partial charge in [-0.15, -0.1) is 12.4 Å². The molecule has 0 bridgehead atoms. The van der Waals surface area contributed by atoms with Crippen molar-refractivity contribution in [1.29, 1.82) is 0 Å². The Morgan fingerprint density at radius 2 is 1.76 bits per heavy atom. The minimum absolute atomic E-state index is 0. The van der Waals surface area contributed by atoms with Crippen LogP contribution in [0.25, 0.3) is 16.6 Å². The second-order valence-corrected chi connectivity index (χ2v) is 5.13. The zero-order valence-electron chi connectivity index (χ0n) is 11.6. The van der Waals surface area contributed by atoms with Crippen LogP contribution < -0.4 is 5.56 Å². The van der Waals surface area contributed by atoms with E-state index in [0.29, 0.717) is 27.4 Å². The third kappa shape index (κ3) is 2.55. The SMILES string of the molecule is Cc1cccc(Cl)c1-n1c(C)nc2ccccc2c1=O.Cl. The minimum atomic E-state index is -0.0932. The Morgan fingerprint density at radius 1 is 1.05 bits per heavy atom. The van der Waals surface area contributed by atoms with E-state index in [4.69, 9.17) is 11.6 Å². The second kappa shape index (κ2) is 5.88. The summed E-state index contributed by atoms with van der Waals surface area (Å²) < 4.78 is 1.58. The third-order valence-electron chi connectivity index (χ3n) is 3.36. The van der Waals surface area contributed by atoms with Gasteiger partial charge in [-0.05, 0) is 37.6 Å². The topological polar surface area (TPSA) is 34.9 Å². The van der Waals surface area contributed by atoms with Gasteiger partial charge in [0, 0.05) is 0 Å². The van der Waals surface area contributed by atoms with Crippen LogP contribution in [0.5, 0.6) is 0 Å². The summed E-state index contributed by atoms with van der Waals surface area (Å²) in [6, 6.07) is 12.9. The van der Waals surface area contributed by atoms with Gasteiger partial charge in [0.15, 0.2) is 0 Å². The molecule has 0 radical (unpaired) electrons. The summed E-state index contributed by atoms with van der Waals surface area (Å²) in [5.41, 5.74) is 2.26. The Kier molecular flexibility index (Phi) is 4.35. The van der Waals surface area contributed by atoms with E-state index in [1.165, 1.54) is 0 Å². The van der Waals surface area contributed by atoms with Crippen LogP contribution in [0.1, 0.15) is 11.4 Å². The number of aryl methyl sites for hydroxylation is 2. The molecule has 3 aromatic rings. The highest BCUT2D eigenvalue weighted by Gasteiger charge is 2.13. The van der Waals surface area contributed by atoms with E-state index < -0.39 is 0 Å². The summed E-state index contributed by atoms with van der Waals surface area (Å²) in [7, 11) is 0. The molecule has 0 N–H and O–H groups in total. The Balaban J connectivity index is 0.00000161. The van der Waals surface area contributed by atoms with Crippen molar-refractivity contribution in [1.82, 2.24) is 9.55 Å². The number of rotatable bonds is 1. The fourth-order valence-corrected chi connectivity index (χ4v) is 2.72. The molecule has 2 aromatic carbocycles. The molecule has 0 aliphatic carbocycles. The van der Waals surface area contributed by atoms with Crippen LogP contribution in [0, 0.1) is 13.8 Å². The van der Waals surface area contributed by atoms with Gasteiger partial charge in [-0.25, -0.2) is 4.98 Å². The Labute approximate surface area is 133 Å². The fraction of sp³-hybridized carbons (Fsp3) is 0.125. The Morgan fingerprint density at radius 3 is 2.48 bits per heavy atom. The Bertz CT molecular complexity index is 852. The number of hydrogen-bond acceptors (Lipinski definition) is 2. The maximum absolute atomic E-state index is 12.7. The predicted molar refractivity (Wildman–Crippen MR) is 89.1 cm³/mol. The summed E-state index contributed by atoms with van der Waals surface area (Å²) in [4.78, 5) is 17.2. The van der Waals surface area contributed by atoms with Gasteiger partial charge in [0.1, 0.15) is 5.82 Å². The molecule has 5 heteroatoms. The molecule has 0 saturated carbocycles. The zero-order chi connectivity index (χ0) is 14.3. The maximum atomic E-state index is 12.7. The molecule has 0 saturated heterocycles. The van der Waals surface area contributed by atoms with E-state index in [0.717, 1.165) is 5.56 Å². The lowest BCUT2D eigenvalue weighted by Gasteiger charge is -2.14. The van der Waals surface area contributed by atoms with E-state index >= 15 is 0 Å². The molecule has 1 heterocycles. The van der Waals surface area contributed by atoms with Gasteiger partial charge >= 0.3 is 0 Å². The van der Waals surface area contributed by atoms with E-state index in [2.05, 4.69) is 4.98 Å². The van der Waals surface area contributed by atoms with Crippen molar-refractivity contribution < 1.29 is 0 Å². The highest BCUT2D eigenvalue weighted by atomic mass is 35.5. The maximum Gasteiger partial charge on any atom is 0.266 e. The van der Waals surface area contributed by atoms with Crippen LogP contribution in [0.4, 0.5) is 0 Å². The van der Waals surface area contributed by atoms with Gasteiger partial charge in [-0.2, -0.15) is 0 Å². The van der Waals surface area contributed by atoms with E-state index in [1.54, 1.807) is 16.7 Å². The van der Waals surface area contributed by atoms with Gasteiger partial charge in [0.05, 0.1) is 21.6 Å². The van der Waals surface area contributed by atoms with Crippen molar-refractivity contribution in [3.63, 3.8) is 0 Å². The summed E-state index contributed by atoms with van der Waals surface area (Å²) >= 11 is 6.27. The molecule has 0 aliphatic heterocycles. The molecule has 0 spiro atoms. The first kappa shape index (κ1) is 15.5. The predicted octanol–water partition coefficient (Wildman–Crippen LogP) is 4.08. The van der Waals surface area contributed by atoms with Crippen LogP contribution in [0.15, 0.2) is 47.3 Å². The fourth-order valence-electron chi connectivity index (χ4n) is 2.41. The highest BCUT2D eigenvalue weighted by Crippen LogP contribution is 2.24. The highest BCUT2D eigenvalue weighted by molar-refractivity contribution is 6.32. The number of fused-ring (bicyclic) bond motifs is 1. The lowest BCUT2D eigenvalue weighted by Crippen LogP contribution is -2.23. The van der Waals surface area contributed by atoms with E-state index in [-0.39, 0.29) is 18.0 Å². The van der Waals surface area contributed by atoms with Crippen molar-refractivity contribution >= 4 is 34.9 Å². The van der Waals surface area contributed by atoms with Crippen molar-refractivity contribution in [2.75, 3.05) is 0 Å². The first-order valence-corrected chi connectivity index (χ1v) is 6.71. The average molecular weight is 321 g/mol. The number of hydrogen-bond donors (Lipinski definition) is 0. The quantitative estimate of drug-likeness (QED) is 0.677. The van der Waals surface area contributed by atoms with Crippen molar-refractivity contribution in [3.05, 3.63) is 69.2 Å². The van der Waals surface area contributed by atoms with Crippen molar-refractivity contribution in [2.45, 2.75) is 13.8 Å². The van der Waals surface area contributed by atoms with Gasteiger partial charge in [0.25, 0.3) is 5.56 Å². The molecule has 21 heavy (non-hydrogen) atoms. The van der Waals surface area contributed by atoms with E-state index in [9.17, 15) is 4.79 Å². The second-order valence-electron chi connectivity index (χ2n) is 4.72. The molecule has 3 nitrogen and oxygen atoms in total. The molecule has 3 rings (SSSR count). The minimum Gasteiger partial charge on any atom is -0.268 e. The summed E-state index contributed by atoms with van der Waals surface area (Å²) in [5, 5.41) is 1.14. The summed E-state index contributed by atoms with van der Waals surface area (Å²) in [6.07, 6.45) is 0. The monoisotopic (exact) mass is 320 g/mol. The van der Waals surface area contributed by atoms with Crippen LogP contribution in [0.3, 0.4) is 0 Å². The number of aromatic nitrogens is 2. The smallest absolute Gasteiger partial charge is 0.266 e. The normalized spacial score (nSPS) is 10.4. The number of para-hydroxylation sites is 2. The molecule has 0 atom stereocenters. The van der Waals surface area contributed by atoms with Crippen molar-refractivity contribution in [2.24, 2.45) is 0 Å². The van der Waals surface area contributed by atoms with Gasteiger partial charge in [0.2, 0.25) is 0 Å². The summed E-state index contributed by atoms with van der Waals surface area (Å²) in [5.74, 6) is 0.630. The zero-order valence-corrected chi connectivity index (χ0v) is 13.2. The molecule has 0 aliphatic rings. The molecular formula is C16H14Cl2N2O.